The molecule has 0 spiro atoms. The Bertz CT molecular complexity index is 896. The van der Waals surface area contributed by atoms with E-state index in [1.165, 1.54) is 0 Å². The number of amides is 3. The topological polar surface area (TPSA) is 78.5 Å². The second kappa shape index (κ2) is 7.80. The van der Waals surface area contributed by atoms with Gasteiger partial charge >= 0.3 is 0 Å². The quantitative estimate of drug-likeness (QED) is 0.797. The maximum Gasteiger partial charge on any atom is 0.269 e. The van der Waals surface area contributed by atoms with Crippen molar-refractivity contribution in [2.45, 2.75) is 20.3 Å². The molecular weight excluding hydrogens is 366 g/mol. The molecule has 0 bridgehead atoms. The van der Waals surface area contributed by atoms with Crippen LogP contribution in [-0.4, -0.2) is 24.3 Å². The number of hydrogen-bond donors (Lipinski definition) is 2. The molecule has 1 atom stereocenters. The van der Waals surface area contributed by atoms with E-state index in [-0.39, 0.29) is 18.9 Å². The largest absolute Gasteiger partial charge is 0.311 e. The lowest BCUT2D eigenvalue weighted by Gasteiger charge is -2.20. The Morgan fingerprint density at radius 3 is 2.48 bits per heavy atom. The van der Waals surface area contributed by atoms with E-state index in [9.17, 15) is 14.4 Å². The number of hydrogen-bond acceptors (Lipinski definition) is 3. The molecule has 0 aromatic heterocycles. The van der Waals surface area contributed by atoms with Gasteiger partial charge in [-0.15, -0.1) is 0 Å². The van der Waals surface area contributed by atoms with Crippen molar-refractivity contribution < 1.29 is 14.4 Å². The van der Waals surface area contributed by atoms with Crippen LogP contribution in [0.4, 0.5) is 5.69 Å². The van der Waals surface area contributed by atoms with Crippen molar-refractivity contribution in [3.8, 4) is 0 Å². The number of nitrogens with zero attached hydrogens (tertiary/aromatic N) is 1. The van der Waals surface area contributed by atoms with Gasteiger partial charge < -0.3 is 4.90 Å². The van der Waals surface area contributed by atoms with Gasteiger partial charge in [0.1, 0.15) is 0 Å². The highest BCUT2D eigenvalue weighted by Gasteiger charge is 2.36. The second-order valence-corrected chi connectivity index (χ2v) is 7.01. The Kier molecular flexibility index (Phi) is 5.46. The van der Waals surface area contributed by atoms with Crippen molar-refractivity contribution in [2.75, 3.05) is 11.4 Å². The highest BCUT2D eigenvalue weighted by Crippen LogP contribution is 2.29. The average Bonchev–Trinajstić information content (AvgIpc) is 3.04. The number of halogens is 1. The van der Waals surface area contributed by atoms with Crippen LogP contribution in [0.15, 0.2) is 42.5 Å². The molecule has 2 N–H and O–H groups in total. The molecule has 0 aliphatic carbocycles. The Morgan fingerprint density at radius 2 is 1.78 bits per heavy atom. The highest BCUT2D eigenvalue weighted by molar-refractivity contribution is 6.30. The summed E-state index contributed by atoms with van der Waals surface area (Å²) < 4.78 is 0. The summed E-state index contributed by atoms with van der Waals surface area (Å²) in [6.45, 7) is 4.22. The summed E-state index contributed by atoms with van der Waals surface area (Å²) in [5.74, 6) is -1.47. The number of carbonyl (C=O) groups excluding carboxylic acids is 3. The molecule has 3 amide bonds. The van der Waals surface area contributed by atoms with E-state index in [1.54, 1.807) is 29.2 Å². The first-order valence-electron chi connectivity index (χ1n) is 8.59. The van der Waals surface area contributed by atoms with Crippen molar-refractivity contribution >= 4 is 35.0 Å². The molecule has 27 heavy (non-hydrogen) atoms. The Morgan fingerprint density at radius 1 is 1.07 bits per heavy atom. The van der Waals surface area contributed by atoms with Gasteiger partial charge in [0.25, 0.3) is 5.91 Å². The number of hydrazine groups is 1. The van der Waals surface area contributed by atoms with Gasteiger partial charge in [0.15, 0.2) is 0 Å². The van der Waals surface area contributed by atoms with Gasteiger partial charge in [-0.2, -0.15) is 0 Å². The number of rotatable bonds is 3. The van der Waals surface area contributed by atoms with Gasteiger partial charge in [0.2, 0.25) is 11.8 Å². The van der Waals surface area contributed by atoms with Crippen LogP contribution >= 0.6 is 11.6 Å². The molecule has 1 heterocycles. The second-order valence-electron chi connectivity index (χ2n) is 6.57. The molecule has 1 aliphatic heterocycles. The molecule has 1 fully saturated rings. The van der Waals surface area contributed by atoms with Crippen LogP contribution in [0, 0.1) is 19.8 Å². The fraction of sp³-hybridized carbons (Fsp3) is 0.250. The molecule has 7 heteroatoms. The minimum Gasteiger partial charge on any atom is -0.311 e. The Balaban J connectivity index is 1.61. The Hall–Kier alpha value is -2.86. The van der Waals surface area contributed by atoms with Crippen LogP contribution in [-0.2, 0) is 9.59 Å². The van der Waals surface area contributed by atoms with Crippen LogP contribution in [0.25, 0.3) is 0 Å². The van der Waals surface area contributed by atoms with Gasteiger partial charge in [-0.25, -0.2) is 0 Å². The van der Waals surface area contributed by atoms with E-state index in [0.29, 0.717) is 10.6 Å². The van der Waals surface area contributed by atoms with Crippen molar-refractivity contribution in [1.29, 1.82) is 0 Å². The molecule has 140 valence electrons. The molecule has 1 saturated heterocycles. The number of aryl methyl sites for hydroxylation is 1. The summed E-state index contributed by atoms with van der Waals surface area (Å²) in [6.07, 6.45) is 0.107. The standard InChI is InChI=1S/C20H20ClN3O3/c1-12-4-3-5-17(13(12)2)24-11-15(10-18(24)25)20(27)23-22-19(26)14-6-8-16(21)9-7-14/h3-9,15H,10-11H2,1-2H3,(H,22,26)(H,23,27)/t15-/m1/s1. The van der Waals surface area contributed by atoms with E-state index in [0.717, 1.165) is 16.8 Å². The van der Waals surface area contributed by atoms with E-state index < -0.39 is 17.7 Å². The van der Waals surface area contributed by atoms with Crippen molar-refractivity contribution in [2.24, 2.45) is 5.92 Å². The van der Waals surface area contributed by atoms with Crippen LogP contribution < -0.4 is 15.8 Å². The van der Waals surface area contributed by atoms with E-state index >= 15 is 0 Å². The number of benzene rings is 2. The summed E-state index contributed by atoms with van der Waals surface area (Å²) >= 11 is 5.79. The molecule has 2 aromatic carbocycles. The van der Waals surface area contributed by atoms with E-state index in [2.05, 4.69) is 10.9 Å². The zero-order chi connectivity index (χ0) is 19.6. The van der Waals surface area contributed by atoms with Crippen LogP contribution in [0.2, 0.25) is 5.02 Å². The maximum absolute atomic E-state index is 12.4. The fourth-order valence-corrected chi connectivity index (χ4v) is 3.16. The maximum atomic E-state index is 12.4. The fourth-order valence-electron chi connectivity index (χ4n) is 3.04. The monoisotopic (exact) mass is 385 g/mol. The first-order chi connectivity index (χ1) is 12.9. The molecule has 0 radical (unpaired) electrons. The normalized spacial score (nSPS) is 16.3. The third kappa shape index (κ3) is 4.11. The highest BCUT2D eigenvalue weighted by atomic mass is 35.5. The predicted molar refractivity (Wildman–Crippen MR) is 103 cm³/mol. The third-order valence-corrected chi connectivity index (χ3v) is 5.02. The molecule has 3 rings (SSSR count). The lowest BCUT2D eigenvalue weighted by atomic mass is 10.1. The minimum absolute atomic E-state index is 0.104. The van der Waals surface area contributed by atoms with Gasteiger partial charge in [0, 0.05) is 29.2 Å². The zero-order valence-electron chi connectivity index (χ0n) is 15.1. The molecule has 6 nitrogen and oxygen atoms in total. The van der Waals surface area contributed by atoms with Gasteiger partial charge in [-0.3, -0.25) is 25.2 Å². The molecule has 0 saturated carbocycles. The number of nitrogens with one attached hydrogen (secondary N) is 2. The lowest BCUT2D eigenvalue weighted by Crippen LogP contribution is -2.45. The molecular formula is C20H20ClN3O3. The predicted octanol–water partition coefficient (Wildman–Crippen LogP) is 2.77. The van der Waals surface area contributed by atoms with Crippen LogP contribution in [0.3, 0.4) is 0 Å². The summed E-state index contributed by atoms with van der Waals surface area (Å²) in [4.78, 5) is 38.5. The van der Waals surface area contributed by atoms with E-state index in [1.807, 2.05) is 32.0 Å². The van der Waals surface area contributed by atoms with Crippen molar-refractivity contribution in [3.63, 3.8) is 0 Å². The Labute approximate surface area is 162 Å². The van der Waals surface area contributed by atoms with Crippen molar-refractivity contribution in [1.82, 2.24) is 10.9 Å². The van der Waals surface area contributed by atoms with E-state index in [4.69, 9.17) is 11.6 Å². The third-order valence-electron chi connectivity index (χ3n) is 4.77. The number of anilines is 1. The number of carbonyl (C=O) groups is 3. The minimum atomic E-state index is -0.525. The van der Waals surface area contributed by atoms with Gasteiger partial charge in [0.05, 0.1) is 5.92 Å². The summed E-state index contributed by atoms with van der Waals surface area (Å²) in [5.41, 5.74) is 8.08. The molecule has 1 aliphatic rings. The molecule has 0 unspecified atom stereocenters. The van der Waals surface area contributed by atoms with Crippen molar-refractivity contribution in [3.05, 3.63) is 64.2 Å². The van der Waals surface area contributed by atoms with Crippen LogP contribution in [0.5, 0.6) is 0 Å². The summed E-state index contributed by atoms with van der Waals surface area (Å²) in [7, 11) is 0. The van der Waals surface area contributed by atoms with Crippen LogP contribution in [0.1, 0.15) is 27.9 Å². The summed E-state index contributed by atoms with van der Waals surface area (Å²) in [6, 6.07) is 12.1. The summed E-state index contributed by atoms with van der Waals surface area (Å²) in [5, 5.41) is 0.520. The molecule has 2 aromatic rings. The van der Waals surface area contributed by atoms with Gasteiger partial charge in [-0.1, -0.05) is 23.7 Å². The zero-order valence-corrected chi connectivity index (χ0v) is 15.8. The first-order valence-corrected chi connectivity index (χ1v) is 8.97. The SMILES string of the molecule is Cc1cccc(N2C[C@H](C(=O)NNC(=O)c3ccc(Cl)cc3)CC2=O)c1C. The smallest absolute Gasteiger partial charge is 0.269 e. The first kappa shape index (κ1) is 18.9. The average molecular weight is 386 g/mol. The van der Waals surface area contributed by atoms with Gasteiger partial charge in [-0.05, 0) is 55.3 Å². The lowest BCUT2D eigenvalue weighted by molar-refractivity contribution is -0.126.